The summed E-state index contributed by atoms with van der Waals surface area (Å²) in [4.78, 5) is 63.6. The lowest BCUT2D eigenvalue weighted by molar-refractivity contribution is -0.135. The van der Waals surface area contributed by atoms with Gasteiger partial charge in [0.05, 0.1) is 5.39 Å². The summed E-state index contributed by atoms with van der Waals surface area (Å²) in [5, 5.41) is 9.35. The second kappa shape index (κ2) is 8.10. The lowest BCUT2D eigenvalue weighted by atomic mass is 9.76. The Morgan fingerprint density at radius 2 is 1.74 bits per heavy atom. The number of hydrogen-bond acceptors (Lipinski definition) is 6. The van der Waals surface area contributed by atoms with Crippen LogP contribution < -0.4 is 21.7 Å². The SMILES string of the molecule is O=C(CN1C(=O)NC2(CCCc3ccccc32)C1=O)NNC(=O)c1n[nH]c(=O)c2ccccc12. The summed E-state index contributed by atoms with van der Waals surface area (Å²) in [5.41, 5.74) is 4.40. The number of rotatable bonds is 3. The number of hydrogen-bond donors (Lipinski definition) is 4. The zero-order valence-corrected chi connectivity index (χ0v) is 17.9. The molecular formula is C23H20N6O5. The van der Waals surface area contributed by atoms with Crippen LogP contribution in [0.5, 0.6) is 0 Å². The Bertz CT molecular complexity index is 1420. The van der Waals surface area contributed by atoms with Crippen LogP contribution in [0.4, 0.5) is 4.79 Å². The molecule has 2 aromatic carbocycles. The van der Waals surface area contributed by atoms with E-state index in [1.807, 2.05) is 24.3 Å². The highest BCUT2D eigenvalue weighted by molar-refractivity contribution is 6.10. The van der Waals surface area contributed by atoms with E-state index in [2.05, 4.69) is 26.4 Å². The smallest absolute Gasteiger partial charge is 0.319 e. The number of aromatic amines is 1. The summed E-state index contributed by atoms with van der Waals surface area (Å²) in [6.45, 7) is -0.575. The van der Waals surface area contributed by atoms with E-state index in [4.69, 9.17) is 0 Å². The highest BCUT2D eigenvalue weighted by Gasteiger charge is 2.54. The Balaban J connectivity index is 1.28. The molecule has 2 aliphatic rings. The average Bonchev–Trinajstić information content (AvgIpc) is 3.08. The molecule has 1 spiro atoms. The number of carbonyl (C=O) groups excluding carboxylic acids is 4. The number of nitrogens with zero attached hydrogens (tertiary/aromatic N) is 2. The van der Waals surface area contributed by atoms with Crippen molar-refractivity contribution >= 4 is 34.5 Å². The standard InChI is InChI=1S/C23H20N6O5/c30-17(25-28-20(32)18-14-8-2-3-9-15(14)19(31)27-26-18)12-29-21(33)23(24-22(29)34)11-5-7-13-6-1-4-10-16(13)23/h1-4,6,8-10H,5,7,11-12H2,(H,24,34)(H,25,30)(H,27,31)(H,28,32). The zero-order chi connectivity index (χ0) is 23.9. The molecule has 5 rings (SSSR count). The Kier molecular flexibility index (Phi) is 5.08. The van der Waals surface area contributed by atoms with Gasteiger partial charge in [-0.1, -0.05) is 42.5 Å². The van der Waals surface area contributed by atoms with Crippen LogP contribution in [0, 0.1) is 0 Å². The van der Waals surface area contributed by atoms with Crippen LogP contribution >= 0.6 is 0 Å². The zero-order valence-electron chi connectivity index (χ0n) is 17.9. The van der Waals surface area contributed by atoms with Crippen LogP contribution in [0.3, 0.4) is 0 Å². The fraction of sp³-hybridized carbons (Fsp3) is 0.217. The van der Waals surface area contributed by atoms with Crippen molar-refractivity contribution in [3.05, 3.63) is 75.7 Å². The Labute approximate surface area is 192 Å². The van der Waals surface area contributed by atoms with Gasteiger partial charge in [0.15, 0.2) is 5.69 Å². The van der Waals surface area contributed by atoms with Gasteiger partial charge in [0.25, 0.3) is 23.3 Å². The van der Waals surface area contributed by atoms with Gasteiger partial charge in [-0.25, -0.2) is 9.89 Å². The third-order valence-electron chi connectivity index (χ3n) is 6.18. The first kappa shape index (κ1) is 21.3. The van der Waals surface area contributed by atoms with Gasteiger partial charge in [0, 0.05) is 5.39 Å². The molecule has 0 radical (unpaired) electrons. The van der Waals surface area contributed by atoms with Gasteiger partial charge in [-0.2, -0.15) is 5.10 Å². The third-order valence-corrected chi connectivity index (χ3v) is 6.18. The predicted octanol–water partition coefficient (Wildman–Crippen LogP) is 0.468. The number of fused-ring (bicyclic) bond motifs is 3. The molecule has 11 nitrogen and oxygen atoms in total. The molecule has 0 bridgehead atoms. The number of carbonyl (C=O) groups is 4. The molecule has 1 atom stereocenters. The number of benzene rings is 2. The monoisotopic (exact) mass is 460 g/mol. The Hall–Kier alpha value is -4.54. The van der Waals surface area contributed by atoms with Crippen molar-refractivity contribution in [2.75, 3.05) is 6.54 Å². The quantitative estimate of drug-likeness (QED) is 0.329. The lowest BCUT2D eigenvalue weighted by Gasteiger charge is -2.33. The molecule has 1 aliphatic heterocycles. The number of amides is 5. The van der Waals surface area contributed by atoms with Crippen LogP contribution in [0.1, 0.15) is 34.5 Å². The number of nitrogens with one attached hydrogen (secondary N) is 4. The summed E-state index contributed by atoms with van der Waals surface area (Å²) >= 11 is 0. The molecule has 1 aromatic heterocycles. The van der Waals surface area contributed by atoms with Gasteiger partial charge in [0.1, 0.15) is 12.1 Å². The van der Waals surface area contributed by atoms with Gasteiger partial charge in [-0.3, -0.25) is 34.9 Å². The van der Waals surface area contributed by atoms with Crippen LogP contribution in [-0.2, 0) is 21.5 Å². The summed E-state index contributed by atoms with van der Waals surface area (Å²) in [5.74, 6) is -2.04. The van der Waals surface area contributed by atoms with Crippen LogP contribution in [0.2, 0.25) is 0 Å². The number of hydrazine groups is 1. The minimum absolute atomic E-state index is 0.0942. The molecule has 2 heterocycles. The highest BCUT2D eigenvalue weighted by Crippen LogP contribution is 2.39. The fourth-order valence-electron chi connectivity index (χ4n) is 4.61. The summed E-state index contributed by atoms with van der Waals surface area (Å²) < 4.78 is 0. The molecule has 34 heavy (non-hydrogen) atoms. The van der Waals surface area contributed by atoms with Crippen LogP contribution in [0.15, 0.2) is 53.3 Å². The van der Waals surface area contributed by atoms with Crippen molar-refractivity contribution in [2.45, 2.75) is 24.8 Å². The minimum atomic E-state index is -1.19. The molecule has 1 saturated heterocycles. The van der Waals surface area contributed by atoms with Crippen molar-refractivity contribution < 1.29 is 19.2 Å². The van der Waals surface area contributed by atoms with Gasteiger partial charge in [-0.15, -0.1) is 0 Å². The maximum Gasteiger partial charge on any atom is 0.325 e. The first-order valence-corrected chi connectivity index (χ1v) is 10.7. The van der Waals surface area contributed by atoms with Crippen molar-refractivity contribution in [3.8, 4) is 0 Å². The van der Waals surface area contributed by atoms with Crippen molar-refractivity contribution in [2.24, 2.45) is 0 Å². The number of imide groups is 1. The van der Waals surface area contributed by atoms with Crippen molar-refractivity contribution in [3.63, 3.8) is 0 Å². The van der Waals surface area contributed by atoms with E-state index in [0.717, 1.165) is 28.9 Å². The van der Waals surface area contributed by atoms with Gasteiger partial charge < -0.3 is 5.32 Å². The molecule has 172 valence electrons. The molecule has 0 saturated carbocycles. The molecule has 1 fully saturated rings. The normalized spacial score (nSPS) is 19.1. The van der Waals surface area contributed by atoms with E-state index in [-0.39, 0.29) is 11.1 Å². The van der Waals surface area contributed by atoms with E-state index in [1.54, 1.807) is 24.3 Å². The third kappa shape index (κ3) is 3.38. The number of aryl methyl sites for hydroxylation is 1. The van der Waals surface area contributed by atoms with E-state index in [1.165, 1.54) is 0 Å². The molecule has 4 N–H and O–H groups in total. The minimum Gasteiger partial charge on any atom is -0.319 e. The highest BCUT2D eigenvalue weighted by atomic mass is 16.2. The molecular weight excluding hydrogens is 440 g/mol. The Morgan fingerprint density at radius 1 is 1.00 bits per heavy atom. The Morgan fingerprint density at radius 3 is 2.56 bits per heavy atom. The predicted molar refractivity (Wildman–Crippen MR) is 119 cm³/mol. The van der Waals surface area contributed by atoms with E-state index in [9.17, 15) is 24.0 Å². The number of urea groups is 1. The van der Waals surface area contributed by atoms with Gasteiger partial charge >= 0.3 is 6.03 Å². The first-order chi connectivity index (χ1) is 16.4. The maximum atomic E-state index is 13.3. The molecule has 5 amide bonds. The van der Waals surface area contributed by atoms with Gasteiger partial charge in [-0.05, 0) is 36.5 Å². The molecule has 1 aliphatic carbocycles. The van der Waals surface area contributed by atoms with Crippen molar-refractivity contribution in [1.82, 2.24) is 31.3 Å². The fourth-order valence-corrected chi connectivity index (χ4v) is 4.61. The van der Waals surface area contributed by atoms with Crippen molar-refractivity contribution in [1.29, 1.82) is 0 Å². The average molecular weight is 460 g/mol. The van der Waals surface area contributed by atoms with E-state index < -0.39 is 41.4 Å². The molecule has 3 aromatic rings. The second-order valence-electron chi connectivity index (χ2n) is 8.19. The first-order valence-electron chi connectivity index (χ1n) is 10.7. The second-order valence-corrected chi connectivity index (χ2v) is 8.19. The van der Waals surface area contributed by atoms with E-state index >= 15 is 0 Å². The van der Waals surface area contributed by atoms with Gasteiger partial charge in [0.2, 0.25) is 0 Å². The maximum absolute atomic E-state index is 13.3. The lowest BCUT2D eigenvalue weighted by Crippen LogP contribution is -2.49. The number of aromatic nitrogens is 2. The topological polar surface area (TPSA) is 153 Å². The van der Waals surface area contributed by atoms with E-state index in [0.29, 0.717) is 11.8 Å². The molecule has 11 heteroatoms. The molecule has 1 unspecified atom stereocenters. The summed E-state index contributed by atoms with van der Waals surface area (Å²) in [6.07, 6.45) is 1.97. The summed E-state index contributed by atoms with van der Waals surface area (Å²) in [6, 6.07) is 13.2. The van der Waals surface area contributed by atoms with Crippen LogP contribution in [0.25, 0.3) is 10.8 Å². The van der Waals surface area contributed by atoms with Crippen LogP contribution in [-0.4, -0.2) is 45.4 Å². The largest absolute Gasteiger partial charge is 0.325 e. The number of H-pyrrole nitrogens is 1. The summed E-state index contributed by atoms with van der Waals surface area (Å²) in [7, 11) is 0.